The van der Waals surface area contributed by atoms with Gasteiger partial charge < -0.3 is 0 Å². The summed E-state index contributed by atoms with van der Waals surface area (Å²) >= 11 is 0.0997. The van der Waals surface area contributed by atoms with Crippen LogP contribution in [0.5, 0.6) is 0 Å². The Morgan fingerprint density at radius 2 is 0.493 bits per heavy atom. The zero-order chi connectivity index (χ0) is 51.8. The molecule has 368 valence electrons. The zero-order valence-corrected chi connectivity index (χ0v) is 33.7. The Balaban J connectivity index is 2.08. The average Bonchev–Trinajstić information content (AvgIpc) is 3.20. The SMILES string of the molecule is FC(F)(F)c1cc(-c2cc(Sc3ccccc3)c(-c3cc(C(F)(F)F)cc(C(F)(F)F)c3)c(-c3cc(C(F)(F)F)cc(C(F)(F)F)c3)c2-c2cc(C(F)(F)F)cc(C(F)(F)F)c2)cc(C(F)(F)F)c1. The predicted octanol–water partition coefficient (Wildman–Crippen LogP) is 18.7. The van der Waals surface area contributed by atoms with Crippen LogP contribution in [0, 0.1) is 0 Å². The van der Waals surface area contributed by atoms with Crippen LogP contribution in [0.4, 0.5) is 105 Å². The third-order valence-electron chi connectivity index (χ3n) is 9.79. The lowest BCUT2D eigenvalue weighted by Crippen LogP contribution is -2.13. The van der Waals surface area contributed by atoms with Gasteiger partial charge in [0.25, 0.3) is 0 Å². The van der Waals surface area contributed by atoms with Crippen molar-refractivity contribution in [2.75, 3.05) is 0 Å². The van der Waals surface area contributed by atoms with E-state index >= 15 is 0 Å². The van der Waals surface area contributed by atoms with E-state index in [1.165, 1.54) is 18.2 Å². The van der Waals surface area contributed by atoms with Crippen LogP contribution < -0.4 is 0 Å². The van der Waals surface area contributed by atoms with E-state index in [1.54, 1.807) is 0 Å². The van der Waals surface area contributed by atoms with E-state index in [1.807, 2.05) is 0 Å². The predicted molar refractivity (Wildman–Crippen MR) is 199 cm³/mol. The molecule has 25 heteroatoms. The first-order chi connectivity index (χ1) is 31.2. The Kier molecular flexibility index (Phi) is 13.2. The summed E-state index contributed by atoms with van der Waals surface area (Å²) < 4.78 is 348. The fourth-order valence-corrected chi connectivity index (χ4v) is 7.91. The standard InChI is InChI=1S/C44H18F24S/c45-37(46,47)23-6-19(7-24(14-23)38(48,49)50)32-18-33(69-31-4-2-1-3-5-31)35(21-10-27(41(57,58)59)16-28(11-21)42(60,61)62)36(22-12-29(43(63,64)65)17-30(13-22)44(66,67)68)34(32)20-8-25(39(51,52)53)15-26(9-20)40(54,55)56/h1-18H. The lowest BCUT2D eigenvalue weighted by atomic mass is 9.80. The summed E-state index contributed by atoms with van der Waals surface area (Å²) in [5.41, 5.74) is -31.5. The van der Waals surface area contributed by atoms with Gasteiger partial charge in [0.05, 0.1) is 44.5 Å². The molecule has 6 rings (SSSR count). The Labute approximate surface area is 374 Å². The van der Waals surface area contributed by atoms with Gasteiger partial charge in [-0.3, -0.25) is 0 Å². The molecule has 0 saturated heterocycles. The van der Waals surface area contributed by atoms with E-state index in [2.05, 4.69) is 0 Å². The maximum atomic E-state index is 14.6. The molecule has 0 radical (unpaired) electrons. The molecular weight excluding hydrogens is 1020 g/mol. The number of hydrogen-bond donors (Lipinski definition) is 0. The quantitative estimate of drug-likeness (QED) is 0.150. The van der Waals surface area contributed by atoms with Gasteiger partial charge in [0.1, 0.15) is 0 Å². The van der Waals surface area contributed by atoms with Gasteiger partial charge in [-0.05, 0) is 130 Å². The van der Waals surface area contributed by atoms with Crippen molar-refractivity contribution < 1.29 is 105 Å². The van der Waals surface area contributed by atoms with E-state index in [9.17, 15) is 105 Å². The molecule has 6 aromatic rings. The molecular formula is C44H18F24S. The highest BCUT2D eigenvalue weighted by Crippen LogP contribution is 2.55. The van der Waals surface area contributed by atoms with Gasteiger partial charge in [0, 0.05) is 15.4 Å². The maximum absolute atomic E-state index is 14.6. The molecule has 0 unspecified atom stereocenters. The van der Waals surface area contributed by atoms with Crippen LogP contribution in [0.3, 0.4) is 0 Å². The van der Waals surface area contributed by atoms with E-state index in [4.69, 9.17) is 0 Å². The molecule has 0 aromatic heterocycles. The van der Waals surface area contributed by atoms with Crippen molar-refractivity contribution in [1.29, 1.82) is 0 Å². The van der Waals surface area contributed by atoms with Crippen molar-refractivity contribution in [2.24, 2.45) is 0 Å². The molecule has 0 aliphatic rings. The van der Waals surface area contributed by atoms with Crippen molar-refractivity contribution in [3.8, 4) is 44.5 Å². The van der Waals surface area contributed by atoms with Crippen molar-refractivity contribution in [1.82, 2.24) is 0 Å². The highest BCUT2D eigenvalue weighted by molar-refractivity contribution is 7.99. The van der Waals surface area contributed by atoms with Crippen LogP contribution in [0.15, 0.2) is 119 Å². The van der Waals surface area contributed by atoms with Gasteiger partial charge in [-0.25, -0.2) is 0 Å². The van der Waals surface area contributed by atoms with Crippen molar-refractivity contribution in [2.45, 2.75) is 59.2 Å². The maximum Gasteiger partial charge on any atom is 0.416 e. The molecule has 0 aliphatic heterocycles. The Hall–Kier alpha value is -6.01. The molecule has 69 heavy (non-hydrogen) atoms. The largest absolute Gasteiger partial charge is 0.416 e. The zero-order valence-electron chi connectivity index (χ0n) is 32.9. The third-order valence-corrected chi connectivity index (χ3v) is 10.8. The van der Waals surface area contributed by atoms with Crippen LogP contribution in [0.25, 0.3) is 44.5 Å². The fourth-order valence-electron chi connectivity index (χ4n) is 6.87. The molecule has 0 N–H and O–H groups in total. The number of alkyl halides is 24. The summed E-state index contributed by atoms with van der Waals surface area (Å²) in [5, 5.41) is 0. The number of hydrogen-bond acceptors (Lipinski definition) is 1. The first kappa shape index (κ1) is 52.4. The highest BCUT2D eigenvalue weighted by atomic mass is 32.2. The summed E-state index contributed by atoms with van der Waals surface area (Å²) in [6, 6.07) is 1.74. The first-order valence-corrected chi connectivity index (χ1v) is 19.2. The molecule has 6 aromatic carbocycles. The molecule has 0 amide bonds. The fraction of sp³-hybridized carbons (Fsp3) is 0.182. The monoisotopic (exact) mass is 1030 g/mol. The Morgan fingerprint density at radius 3 is 0.768 bits per heavy atom. The van der Waals surface area contributed by atoms with E-state index < -0.39 is 168 Å². The van der Waals surface area contributed by atoms with Gasteiger partial charge >= 0.3 is 49.4 Å². The number of halogens is 24. The summed E-state index contributed by atoms with van der Waals surface area (Å²) in [6.45, 7) is 0. The molecule has 0 saturated carbocycles. The van der Waals surface area contributed by atoms with Crippen LogP contribution in [-0.4, -0.2) is 0 Å². The van der Waals surface area contributed by atoms with E-state index in [0.29, 0.717) is 6.07 Å². The molecule has 0 atom stereocenters. The second-order valence-electron chi connectivity index (χ2n) is 14.6. The molecule has 0 aliphatic carbocycles. The summed E-state index contributed by atoms with van der Waals surface area (Å²) in [4.78, 5) is -1.27. The normalized spacial score (nSPS) is 13.6. The van der Waals surface area contributed by atoms with Crippen LogP contribution >= 0.6 is 11.8 Å². The van der Waals surface area contributed by atoms with Gasteiger partial charge in [-0.1, -0.05) is 30.0 Å². The van der Waals surface area contributed by atoms with Crippen molar-refractivity contribution in [3.05, 3.63) is 154 Å². The van der Waals surface area contributed by atoms with E-state index in [-0.39, 0.29) is 65.2 Å². The summed E-state index contributed by atoms with van der Waals surface area (Å²) in [6.07, 6.45) is -47.0. The minimum atomic E-state index is -5.93. The number of benzene rings is 6. The van der Waals surface area contributed by atoms with E-state index in [0.717, 1.165) is 12.1 Å². The molecule has 0 heterocycles. The molecule has 0 fully saturated rings. The van der Waals surface area contributed by atoms with Crippen LogP contribution in [0.1, 0.15) is 44.5 Å². The Morgan fingerprint density at radius 1 is 0.246 bits per heavy atom. The summed E-state index contributed by atoms with van der Waals surface area (Å²) in [7, 11) is 0. The molecule has 0 bridgehead atoms. The lowest BCUT2D eigenvalue weighted by Gasteiger charge is -2.27. The third kappa shape index (κ3) is 11.7. The molecule has 0 spiro atoms. The van der Waals surface area contributed by atoms with Crippen molar-refractivity contribution >= 4 is 11.8 Å². The first-order valence-electron chi connectivity index (χ1n) is 18.4. The van der Waals surface area contributed by atoms with Gasteiger partial charge in [-0.15, -0.1) is 0 Å². The van der Waals surface area contributed by atoms with Crippen molar-refractivity contribution in [3.63, 3.8) is 0 Å². The van der Waals surface area contributed by atoms with Crippen LogP contribution in [0.2, 0.25) is 0 Å². The van der Waals surface area contributed by atoms with Crippen LogP contribution in [-0.2, 0) is 49.4 Å². The number of rotatable bonds is 6. The summed E-state index contributed by atoms with van der Waals surface area (Å²) in [5.74, 6) is 0. The van der Waals surface area contributed by atoms with Gasteiger partial charge in [0.15, 0.2) is 0 Å². The smallest absolute Gasteiger partial charge is 0.166 e. The minimum Gasteiger partial charge on any atom is -0.166 e. The Bertz CT molecular complexity index is 2760. The lowest BCUT2D eigenvalue weighted by molar-refractivity contribution is -0.144. The second kappa shape index (κ2) is 17.4. The highest BCUT2D eigenvalue weighted by Gasteiger charge is 2.43. The topological polar surface area (TPSA) is 0 Å². The van der Waals surface area contributed by atoms with Gasteiger partial charge in [-0.2, -0.15) is 105 Å². The molecule has 0 nitrogen and oxygen atoms in total. The minimum absolute atomic E-state index is 0.0997. The van der Waals surface area contributed by atoms with Gasteiger partial charge in [0.2, 0.25) is 0 Å². The average molecular weight is 1030 g/mol. The second-order valence-corrected chi connectivity index (χ2v) is 15.8.